The molecule has 0 aliphatic carbocycles. The molecular formula is C25H30N4O4. The highest BCUT2D eigenvalue weighted by Crippen LogP contribution is 2.38. The standard InChI is InChI=1S/C25H30N4O4/c1-16(30)27(2)13-18-7-9-29(18)15-22-23(32-4)10-17(11-24(22)33-5)21-14-28(3)25(31)20-12-26-8-6-19(20)21/h6,8,10-12,14,18H,7,9,13,15H2,1-5H3/t18-/m0/s1. The van der Waals surface area contributed by atoms with Crippen molar-refractivity contribution in [3.05, 3.63) is 52.7 Å². The SMILES string of the molecule is COc1cc(-c2cn(C)c(=O)c3cnccc23)cc(OC)c1CN1CC[C@H]1CN(C)C(C)=O. The van der Waals surface area contributed by atoms with Gasteiger partial charge in [-0.3, -0.25) is 19.5 Å². The van der Waals surface area contributed by atoms with Crippen molar-refractivity contribution in [3.8, 4) is 22.6 Å². The molecule has 0 spiro atoms. The number of rotatable bonds is 7. The van der Waals surface area contributed by atoms with E-state index >= 15 is 0 Å². The number of carbonyl (C=O) groups excluding carboxylic acids is 1. The molecule has 4 rings (SSSR count). The fraction of sp³-hybridized carbons (Fsp3) is 0.400. The molecule has 1 aromatic carbocycles. The highest BCUT2D eigenvalue weighted by molar-refractivity contribution is 5.95. The number of benzene rings is 1. The number of hydrogen-bond acceptors (Lipinski definition) is 6. The maximum Gasteiger partial charge on any atom is 0.259 e. The van der Waals surface area contributed by atoms with Crippen molar-refractivity contribution in [2.24, 2.45) is 7.05 Å². The van der Waals surface area contributed by atoms with Crippen LogP contribution >= 0.6 is 0 Å². The zero-order valence-electron chi connectivity index (χ0n) is 19.8. The van der Waals surface area contributed by atoms with E-state index in [-0.39, 0.29) is 11.5 Å². The summed E-state index contributed by atoms with van der Waals surface area (Å²) in [7, 11) is 6.88. The second-order valence-corrected chi connectivity index (χ2v) is 8.55. The van der Waals surface area contributed by atoms with Crippen LogP contribution in [0.5, 0.6) is 11.5 Å². The summed E-state index contributed by atoms with van der Waals surface area (Å²) in [4.78, 5) is 32.4. The monoisotopic (exact) mass is 450 g/mol. The number of carbonyl (C=O) groups is 1. The van der Waals surface area contributed by atoms with Crippen molar-refractivity contribution >= 4 is 16.7 Å². The fourth-order valence-electron chi connectivity index (χ4n) is 4.39. The maximum absolute atomic E-state index is 12.6. The molecule has 8 heteroatoms. The molecule has 0 bridgehead atoms. The number of aromatic nitrogens is 2. The van der Waals surface area contributed by atoms with Gasteiger partial charge in [0.15, 0.2) is 0 Å². The number of aryl methyl sites for hydroxylation is 1. The van der Waals surface area contributed by atoms with E-state index in [0.717, 1.165) is 46.5 Å². The van der Waals surface area contributed by atoms with Gasteiger partial charge in [0, 0.05) is 70.8 Å². The molecule has 0 radical (unpaired) electrons. The third-order valence-corrected chi connectivity index (χ3v) is 6.55. The summed E-state index contributed by atoms with van der Waals surface area (Å²) < 4.78 is 13.1. The Hall–Kier alpha value is -3.39. The van der Waals surface area contributed by atoms with Crippen LogP contribution in [0, 0.1) is 0 Å². The van der Waals surface area contributed by atoms with Gasteiger partial charge in [-0.15, -0.1) is 0 Å². The van der Waals surface area contributed by atoms with E-state index in [0.29, 0.717) is 24.5 Å². The van der Waals surface area contributed by atoms with Crippen LogP contribution < -0.4 is 15.0 Å². The Morgan fingerprint density at radius 1 is 1.21 bits per heavy atom. The predicted octanol–water partition coefficient (Wildman–Crippen LogP) is 2.67. The zero-order valence-corrected chi connectivity index (χ0v) is 19.8. The molecule has 3 aromatic rings. The van der Waals surface area contributed by atoms with E-state index in [1.165, 1.54) is 0 Å². The minimum absolute atomic E-state index is 0.0704. The molecule has 174 valence electrons. The quantitative estimate of drug-likeness (QED) is 0.551. The smallest absolute Gasteiger partial charge is 0.259 e. The van der Waals surface area contributed by atoms with Crippen molar-refractivity contribution in [1.82, 2.24) is 19.4 Å². The average Bonchev–Trinajstić information content (AvgIpc) is 2.81. The molecule has 0 saturated carbocycles. The van der Waals surface area contributed by atoms with Gasteiger partial charge in [-0.25, -0.2) is 0 Å². The molecule has 0 unspecified atom stereocenters. The number of fused-ring (bicyclic) bond motifs is 1. The molecule has 1 atom stereocenters. The van der Waals surface area contributed by atoms with Gasteiger partial charge in [-0.2, -0.15) is 0 Å². The maximum atomic E-state index is 12.6. The normalized spacial score (nSPS) is 15.8. The van der Waals surface area contributed by atoms with Gasteiger partial charge in [0.1, 0.15) is 11.5 Å². The van der Waals surface area contributed by atoms with Crippen molar-refractivity contribution in [2.75, 3.05) is 34.4 Å². The lowest BCUT2D eigenvalue weighted by Crippen LogP contribution is -2.52. The van der Waals surface area contributed by atoms with E-state index in [2.05, 4.69) is 9.88 Å². The zero-order chi connectivity index (χ0) is 23.7. The first-order valence-electron chi connectivity index (χ1n) is 11.0. The molecule has 8 nitrogen and oxygen atoms in total. The number of amides is 1. The summed E-state index contributed by atoms with van der Waals surface area (Å²) in [5, 5.41) is 1.40. The molecule has 3 heterocycles. The number of likely N-dealkylation sites (tertiary alicyclic amines) is 1. The van der Waals surface area contributed by atoms with Gasteiger partial charge in [-0.1, -0.05) is 0 Å². The molecule has 1 aliphatic rings. The molecule has 1 saturated heterocycles. The number of likely N-dealkylation sites (N-methyl/N-ethyl adjacent to an activating group) is 1. The number of nitrogens with zero attached hydrogens (tertiary/aromatic N) is 4. The van der Waals surface area contributed by atoms with Crippen molar-refractivity contribution in [1.29, 1.82) is 0 Å². The first kappa shape index (κ1) is 22.8. The predicted molar refractivity (Wildman–Crippen MR) is 128 cm³/mol. The lowest BCUT2D eigenvalue weighted by Gasteiger charge is -2.43. The van der Waals surface area contributed by atoms with Crippen LogP contribution in [0.25, 0.3) is 21.9 Å². The average molecular weight is 451 g/mol. The van der Waals surface area contributed by atoms with Crippen LogP contribution in [0.2, 0.25) is 0 Å². The highest BCUT2D eigenvalue weighted by atomic mass is 16.5. The van der Waals surface area contributed by atoms with Gasteiger partial charge < -0.3 is 18.9 Å². The molecule has 2 aromatic heterocycles. The van der Waals surface area contributed by atoms with Crippen LogP contribution in [0.1, 0.15) is 18.9 Å². The van der Waals surface area contributed by atoms with Crippen LogP contribution in [-0.2, 0) is 18.4 Å². The lowest BCUT2D eigenvalue weighted by atomic mass is 9.97. The topological polar surface area (TPSA) is 76.9 Å². The van der Waals surface area contributed by atoms with E-state index in [1.54, 1.807) is 50.1 Å². The van der Waals surface area contributed by atoms with Crippen molar-refractivity contribution in [3.63, 3.8) is 0 Å². The molecule has 1 aliphatic heterocycles. The van der Waals surface area contributed by atoms with Crippen LogP contribution in [0.3, 0.4) is 0 Å². The first-order valence-corrected chi connectivity index (χ1v) is 11.0. The largest absolute Gasteiger partial charge is 0.496 e. The minimum atomic E-state index is -0.0863. The summed E-state index contributed by atoms with van der Waals surface area (Å²) in [6.07, 6.45) is 6.18. The summed E-state index contributed by atoms with van der Waals surface area (Å²) >= 11 is 0. The molecule has 1 amide bonds. The summed E-state index contributed by atoms with van der Waals surface area (Å²) in [5.74, 6) is 1.53. The number of hydrogen-bond donors (Lipinski definition) is 0. The van der Waals surface area contributed by atoms with Crippen LogP contribution in [0.15, 0.2) is 41.6 Å². The fourth-order valence-corrected chi connectivity index (χ4v) is 4.39. The first-order chi connectivity index (χ1) is 15.8. The van der Waals surface area contributed by atoms with Gasteiger partial charge in [0.2, 0.25) is 5.91 Å². The van der Waals surface area contributed by atoms with Crippen LogP contribution in [-0.4, -0.2) is 65.7 Å². The Morgan fingerprint density at radius 3 is 2.48 bits per heavy atom. The van der Waals surface area contributed by atoms with Gasteiger partial charge >= 0.3 is 0 Å². The highest BCUT2D eigenvalue weighted by Gasteiger charge is 2.31. The third-order valence-electron chi connectivity index (χ3n) is 6.55. The second kappa shape index (κ2) is 9.23. The minimum Gasteiger partial charge on any atom is -0.496 e. The Bertz CT molecular complexity index is 1230. The Balaban J connectivity index is 1.72. The molecule has 33 heavy (non-hydrogen) atoms. The molecular weight excluding hydrogens is 420 g/mol. The Labute approximate surface area is 193 Å². The second-order valence-electron chi connectivity index (χ2n) is 8.55. The Kier molecular flexibility index (Phi) is 6.37. The lowest BCUT2D eigenvalue weighted by molar-refractivity contribution is -0.129. The number of methoxy groups -OCH3 is 2. The number of pyridine rings is 2. The van der Waals surface area contributed by atoms with E-state index in [9.17, 15) is 9.59 Å². The number of ether oxygens (including phenoxy) is 2. The summed E-state index contributed by atoms with van der Waals surface area (Å²) in [5.41, 5.74) is 2.68. The van der Waals surface area contributed by atoms with Gasteiger partial charge in [-0.05, 0) is 35.6 Å². The summed E-state index contributed by atoms with van der Waals surface area (Å²) in [6, 6.07) is 6.16. The van der Waals surface area contributed by atoms with E-state index in [4.69, 9.17) is 9.47 Å². The van der Waals surface area contributed by atoms with Gasteiger partial charge in [0.05, 0.1) is 25.2 Å². The van der Waals surface area contributed by atoms with E-state index in [1.807, 2.05) is 31.4 Å². The molecule has 1 fully saturated rings. The third kappa shape index (κ3) is 4.30. The van der Waals surface area contributed by atoms with Gasteiger partial charge in [0.25, 0.3) is 5.56 Å². The Morgan fingerprint density at radius 2 is 1.91 bits per heavy atom. The van der Waals surface area contributed by atoms with E-state index < -0.39 is 0 Å². The summed E-state index contributed by atoms with van der Waals surface area (Å²) in [6.45, 7) is 3.92. The van der Waals surface area contributed by atoms with Crippen LogP contribution in [0.4, 0.5) is 0 Å². The van der Waals surface area contributed by atoms with Crippen molar-refractivity contribution < 1.29 is 14.3 Å². The molecule has 0 N–H and O–H groups in total. The van der Waals surface area contributed by atoms with Crippen molar-refractivity contribution in [2.45, 2.75) is 25.9 Å².